The molecule has 2 unspecified atom stereocenters. The minimum Gasteiger partial charge on any atom is -0.465 e. The van der Waals surface area contributed by atoms with Crippen molar-refractivity contribution >= 4 is 5.97 Å². The average molecular weight is 271 g/mol. The maximum Gasteiger partial charge on any atom is 0.326 e. The SMILES string of the molecule is CCNC1(C(=O)OCC)CCCC1CCOC(C)C. The molecule has 19 heavy (non-hydrogen) atoms. The predicted molar refractivity (Wildman–Crippen MR) is 76.1 cm³/mol. The molecule has 2 atom stereocenters. The fourth-order valence-corrected chi connectivity index (χ4v) is 3.06. The van der Waals surface area contributed by atoms with Gasteiger partial charge in [0.1, 0.15) is 5.54 Å². The van der Waals surface area contributed by atoms with Crippen molar-refractivity contribution in [2.45, 2.75) is 65.0 Å². The van der Waals surface area contributed by atoms with E-state index < -0.39 is 5.54 Å². The smallest absolute Gasteiger partial charge is 0.326 e. The molecule has 0 aliphatic heterocycles. The van der Waals surface area contributed by atoms with Crippen LogP contribution in [0.4, 0.5) is 0 Å². The Bertz CT molecular complexity index is 281. The van der Waals surface area contributed by atoms with Crippen LogP contribution in [0.15, 0.2) is 0 Å². The van der Waals surface area contributed by atoms with Crippen molar-refractivity contribution in [3.05, 3.63) is 0 Å². The second kappa shape index (κ2) is 7.85. The maximum absolute atomic E-state index is 12.3. The second-order valence-corrected chi connectivity index (χ2v) is 5.52. The normalized spacial score (nSPS) is 26.9. The summed E-state index contributed by atoms with van der Waals surface area (Å²) in [7, 11) is 0. The highest BCUT2D eigenvalue weighted by molar-refractivity contribution is 5.81. The summed E-state index contributed by atoms with van der Waals surface area (Å²) in [5.74, 6) is 0.245. The maximum atomic E-state index is 12.3. The van der Waals surface area contributed by atoms with Crippen LogP contribution < -0.4 is 5.32 Å². The molecule has 0 aromatic carbocycles. The molecule has 0 amide bonds. The van der Waals surface area contributed by atoms with Crippen molar-refractivity contribution in [3.63, 3.8) is 0 Å². The van der Waals surface area contributed by atoms with Gasteiger partial charge in [0.15, 0.2) is 0 Å². The first kappa shape index (κ1) is 16.4. The van der Waals surface area contributed by atoms with E-state index in [-0.39, 0.29) is 12.1 Å². The summed E-state index contributed by atoms with van der Waals surface area (Å²) in [5, 5.41) is 3.40. The zero-order chi connectivity index (χ0) is 14.3. The molecule has 112 valence electrons. The van der Waals surface area contributed by atoms with E-state index in [0.717, 1.165) is 38.8 Å². The van der Waals surface area contributed by atoms with Gasteiger partial charge < -0.3 is 14.8 Å². The molecule has 4 nitrogen and oxygen atoms in total. The van der Waals surface area contributed by atoms with E-state index in [1.165, 1.54) is 0 Å². The van der Waals surface area contributed by atoms with E-state index in [1.54, 1.807) is 0 Å². The van der Waals surface area contributed by atoms with Crippen LogP contribution in [0.25, 0.3) is 0 Å². The standard InChI is InChI=1S/C15H29NO3/c1-5-16-15(14(17)18-6-2)10-7-8-13(15)9-11-19-12(3)4/h12-13,16H,5-11H2,1-4H3. The van der Waals surface area contributed by atoms with Gasteiger partial charge in [0.2, 0.25) is 0 Å². The number of rotatable bonds is 8. The highest BCUT2D eigenvalue weighted by Gasteiger charge is 2.49. The molecule has 0 bridgehead atoms. The third kappa shape index (κ3) is 4.18. The number of likely N-dealkylation sites (N-methyl/N-ethyl adjacent to an activating group) is 1. The Morgan fingerprint density at radius 2 is 2.16 bits per heavy atom. The lowest BCUT2D eigenvalue weighted by molar-refractivity contribution is -0.153. The van der Waals surface area contributed by atoms with Gasteiger partial charge in [0, 0.05) is 6.61 Å². The van der Waals surface area contributed by atoms with Crippen molar-refractivity contribution in [1.29, 1.82) is 0 Å². The topological polar surface area (TPSA) is 47.6 Å². The van der Waals surface area contributed by atoms with Crippen molar-refractivity contribution in [2.75, 3.05) is 19.8 Å². The Morgan fingerprint density at radius 1 is 1.42 bits per heavy atom. The minimum absolute atomic E-state index is 0.0797. The van der Waals surface area contributed by atoms with Gasteiger partial charge in [0.05, 0.1) is 12.7 Å². The minimum atomic E-state index is -0.481. The van der Waals surface area contributed by atoms with E-state index in [9.17, 15) is 4.79 Å². The molecular weight excluding hydrogens is 242 g/mol. The number of ether oxygens (including phenoxy) is 2. The van der Waals surface area contributed by atoms with Gasteiger partial charge in [-0.15, -0.1) is 0 Å². The number of hydrogen-bond acceptors (Lipinski definition) is 4. The van der Waals surface area contributed by atoms with Crippen LogP contribution in [-0.2, 0) is 14.3 Å². The zero-order valence-corrected chi connectivity index (χ0v) is 12.8. The fraction of sp³-hybridized carbons (Fsp3) is 0.933. The molecule has 1 N–H and O–H groups in total. The van der Waals surface area contributed by atoms with Crippen LogP contribution in [0, 0.1) is 5.92 Å². The van der Waals surface area contributed by atoms with Gasteiger partial charge in [-0.25, -0.2) is 0 Å². The van der Waals surface area contributed by atoms with E-state index in [1.807, 2.05) is 27.7 Å². The van der Waals surface area contributed by atoms with E-state index >= 15 is 0 Å². The summed E-state index contributed by atoms with van der Waals surface area (Å²) in [4.78, 5) is 12.3. The van der Waals surface area contributed by atoms with Crippen molar-refractivity contribution in [3.8, 4) is 0 Å². The van der Waals surface area contributed by atoms with Gasteiger partial charge in [-0.1, -0.05) is 13.3 Å². The van der Waals surface area contributed by atoms with Gasteiger partial charge >= 0.3 is 5.97 Å². The molecule has 1 aliphatic rings. The molecule has 1 saturated carbocycles. The predicted octanol–water partition coefficient (Wildman–Crippen LogP) is 2.51. The monoisotopic (exact) mass is 271 g/mol. The summed E-state index contributed by atoms with van der Waals surface area (Å²) >= 11 is 0. The summed E-state index contributed by atoms with van der Waals surface area (Å²) < 4.78 is 10.9. The molecule has 0 heterocycles. The van der Waals surface area contributed by atoms with Crippen LogP contribution in [0.1, 0.15) is 53.4 Å². The zero-order valence-electron chi connectivity index (χ0n) is 12.8. The molecule has 0 spiro atoms. The summed E-state index contributed by atoms with van der Waals surface area (Å²) in [5.41, 5.74) is -0.481. The van der Waals surface area contributed by atoms with E-state index in [0.29, 0.717) is 12.5 Å². The molecule has 1 aliphatic carbocycles. The average Bonchev–Trinajstić information content (AvgIpc) is 2.74. The number of nitrogens with one attached hydrogen (secondary N) is 1. The number of carbonyl (C=O) groups excluding carboxylic acids is 1. The van der Waals surface area contributed by atoms with Crippen LogP contribution in [0.5, 0.6) is 0 Å². The molecular formula is C15H29NO3. The lowest BCUT2D eigenvalue weighted by Gasteiger charge is -2.34. The Balaban J connectivity index is 2.67. The third-order valence-corrected chi connectivity index (χ3v) is 3.87. The summed E-state index contributed by atoms with van der Waals surface area (Å²) in [6.07, 6.45) is 4.21. The molecule has 0 radical (unpaired) electrons. The van der Waals surface area contributed by atoms with E-state index in [4.69, 9.17) is 9.47 Å². The molecule has 0 saturated heterocycles. The quantitative estimate of drug-likeness (QED) is 0.689. The van der Waals surface area contributed by atoms with Crippen molar-refractivity contribution < 1.29 is 14.3 Å². The van der Waals surface area contributed by atoms with Crippen LogP contribution in [-0.4, -0.2) is 37.4 Å². The molecule has 1 rings (SSSR count). The van der Waals surface area contributed by atoms with Crippen LogP contribution in [0.3, 0.4) is 0 Å². The first-order valence-corrected chi connectivity index (χ1v) is 7.60. The van der Waals surface area contributed by atoms with Gasteiger partial charge in [-0.05, 0) is 52.5 Å². The number of esters is 1. The molecule has 1 fully saturated rings. The highest BCUT2D eigenvalue weighted by atomic mass is 16.5. The third-order valence-electron chi connectivity index (χ3n) is 3.87. The lowest BCUT2D eigenvalue weighted by Crippen LogP contribution is -2.55. The number of carbonyl (C=O) groups is 1. The Kier molecular flexibility index (Phi) is 6.80. The van der Waals surface area contributed by atoms with Gasteiger partial charge in [0.25, 0.3) is 0 Å². The van der Waals surface area contributed by atoms with E-state index in [2.05, 4.69) is 5.32 Å². The molecule has 4 heteroatoms. The number of hydrogen-bond donors (Lipinski definition) is 1. The van der Waals surface area contributed by atoms with Crippen LogP contribution >= 0.6 is 0 Å². The Hall–Kier alpha value is -0.610. The first-order valence-electron chi connectivity index (χ1n) is 7.60. The van der Waals surface area contributed by atoms with Crippen molar-refractivity contribution in [2.24, 2.45) is 5.92 Å². The van der Waals surface area contributed by atoms with Gasteiger partial charge in [-0.3, -0.25) is 4.79 Å². The second-order valence-electron chi connectivity index (χ2n) is 5.52. The molecule has 0 aromatic rings. The van der Waals surface area contributed by atoms with Gasteiger partial charge in [-0.2, -0.15) is 0 Å². The Morgan fingerprint density at radius 3 is 2.74 bits per heavy atom. The largest absolute Gasteiger partial charge is 0.465 e. The fourth-order valence-electron chi connectivity index (χ4n) is 3.06. The van der Waals surface area contributed by atoms with Crippen molar-refractivity contribution in [1.82, 2.24) is 5.32 Å². The Labute approximate surface area is 117 Å². The van der Waals surface area contributed by atoms with Crippen LogP contribution in [0.2, 0.25) is 0 Å². The summed E-state index contributed by atoms with van der Waals surface area (Å²) in [6, 6.07) is 0. The lowest BCUT2D eigenvalue weighted by atomic mass is 9.84. The highest BCUT2D eigenvalue weighted by Crippen LogP contribution is 2.39. The molecule has 0 aromatic heterocycles. The summed E-state index contributed by atoms with van der Waals surface area (Å²) in [6.45, 7) is 9.94. The first-order chi connectivity index (χ1) is 9.06.